The third kappa shape index (κ3) is 4.20. The van der Waals surface area contributed by atoms with E-state index in [-0.39, 0.29) is 18.4 Å². The van der Waals surface area contributed by atoms with Gasteiger partial charge in [0.15, 0.2) is 0 Å². The van der Waals surface area contributed by atoms with Crippen molar-refractivity contribution >= 4 is 12.4 Å². The van der Waals surface area contributed by atoms with Gasteiger partial charge in [-0.05, 0) is 43.9 Å². The van der Waals surface area contributed by atoms with Crippen molar-refractivity contribution in [1.82, 2.24) is 4.90 Å². The van der Waals surface area contributed by atoms with Gasteiger partial charge in [-0.3, -0.25) is 4.90 Å². The first-order valence-electron chi connectivity index (χ1n) is 7.28. The molecular weight excluding hydrogens is 256 g/mol. The van der Waals surface area contributed by atoms with Gasteiger partial charge in [0.25, 0.3) is 0 Å². The quantitative estimate of drug-likeness (QED) is 0.917. The first kappa shape index (κ1) is 16.5. The molecular formula is C16H27ClN2. The number of benzene rings is 1. The van der Waals surface area contributed by atoms with Crippen molar-refractivity contribution in [2.75, 3.05) is 6.54 Å². The molecule has 2 unspecified atom stereocenters. The van der Waals surface area contributed by atoms with E-state index in [9.17, 15) is 0 Å². The summed E-state index contributed by atoms with van der Waals surface area (Å²) in [4.78, 5) is 2.59. The molecule has 108 valence electrons. The van der Waals surface area contributed by atoms with Crippen LogP contribution in [0, 0.1) is 0 Å². The summed E-state index contributed by atoms with van der Waals surface area (Å²) in [5.41, 5.74) is 9.10. The number of piperidine rings is 1. The van der Waals surface area contributed by atoms with Crippen molar-refractivity contribution in [2.45, 2.75) is 58.2 Å². The molecule has 0 spiro atoms. The smallest absolute Gasteiger partial charge is 0.0248 e. The van der Waals surface area contributed by atoms with Gasteiger partial charge in [-0.1, -0.05) is 37.6 Å². The molecule has 2 rings (SSSR count). The fourth-order valence-electron chi connectivity index (χ4n) is 3.08. The number of rotatable bonds is 4. The summed E-state index contributed by atoms with van der Waals surface area (Å²) in [7, 11) is 0. The average Bonchev–Trinajstić information content (AvgIpc) is 2.40. The van der Waals surface area contributed by atoms with Gasteiger partial charge in [-0.15, -0.1) is 12.4 Å². The molecule has 1 fully saturated rings. The van der Waals surface area contributed by atoms with E-state index in [0.717, 1.165) is 13.0 Å². The van der Waals surface area contributed by atoms with Crippen LogP contribution in [0.5, 0.6) is 0 Å². The van der Waals surface area contributed by atoms with Crippen molar-refractivity contribution < 1.29 is 0 Å². The maximum absolute atomic E-state index is 6.14. The van der Waals surface area contributed by atoms with E-state index in [4.69, 9.17) is 5.73 Å². The molecule has 19 heavy (non-hydrogen) atoms. The van der Waals surface area contributed by atoms with Gasteiger partial charge in [-0.2, -0.15) is 0 Å². The Balaban J connectivity index is 0.00000180. The van der Waals surface area contributed by atoms with Crippen LogP contribution in [0.2, 0.25) is 0 Å². The molecule has 1 heterocycles. The first-order chi connectivity index (χ1) is 8.72. The zero-order valence-corrected chi connectivity index (χ0v) is 13.0. The summed E-state index contributed by atoms with van der Waals surface area (Å²) < 4.78 is 0. The molecule has 2 atom stereocenters. The molecule has 0 bridgehead atoms. The molecule has 0 aliphatic carbocycles. The molecule has 1 saturated heterocycles. The summed E-state index contributed by atoms with van der Waals surface area (Å²) in [5, 5.41) is 0. The lowest BCUT2D eigenvalue weighted by Crippen LogP contribution is -2.48. The molecule has 0 radical (unpaired) electrons. The van der Waals surface area contributed by atoms with Crippen molar-refractivity contribution in [3.8, 4) is 0 Å². The molecule has 0 amide bonds. The lowest BCUT2D eigenvalue weighted by atomic mass is 9.95. The highest BCUT2D eigenvalue weighted by atomic mass is 35.5. The Morgan fingerprint density at radius 2 is 1.95 bits per heavy atom. The first-order valence-corrected chi connectivity index (χ1v) is 7.28. The Morgan fingerprint density at radius 3 is 2.58 bits per heavy atom. The second-order valence-corrected chi connectivity index (χ2v) is 5.51. The number of nitrogens with zero attached hydrogens (tertiary/aromatic N) is 1. The van der Waals surface area contributed by atoms with Crippen molar-refractivity contribution in [3.05, 3.63) is 35.4 Å². The van der Waals surface area contributed by atoms with Crippen molar-refractivity contribution in [2.24, 2.45) is 5.73 Å². The van der Waals surface area contributed by atoms with Crippen LogP contribution >= 0.6 is 12.4 Å². The Morgan fingerprint density at radius 1 is 1.26 bits per heavy atom. The van der Waals surface area contributed by atoms with Gasteiger partial charge < -0.3 is 5.73 Å². The highest BCUT2D eigenvalue weighted by molar-refractivity contribution is 5.85. The summed E-state index contributed by atoms with van der Waals surface area (Å²) in [6.07, 6.45) is 5.02. The molecule has 3 heteroatoms. The van der Waals surface area contributed by atoms with E-state index >= 15 is 0 Å². The highest BCUT2D eigenvalue weighted by Crippen LogP contribution is 2.22. The average molecular weight is 283 g/mol. The number of hydrogen-bond acceptors (Lipinski definition) is 2. The van der Waals surface area contributed by atoms with E-state index in [1.807, 2.05) is 0 Å². The zero-order chi connectivity index (χ0) is 13.0. The van der Waals surface area contributed by atoms with Gasteiger partial charge in [0.05, 0.1) is 0 Å². The number of likely N-dealkylation sites (tertiary alicyclic amines) is 1. The second-order valence-electron chi connectivity index (χ2n) is 5.51. The van der Waals surface area contributed by atoms with E-state index in [2.05, 4.69) is 43.0 Å². The number of halogens is 1. The van der Waals surface area contributed by atoms with Crippen LogP contribution in [-0.2, 0) is 13.0 Å². The topological polar surface area (TPSA) is 29.3 Å². The van der Waals surface area contributed by atoms with Crippen LogP contribution in [-0.4, -0.2) is 23.5 Å². The van der Waals surface area contributed by atoms with E-state index in [1.165, 1.54) is 36.9 Å². The normalized spacial score (nSPS) is 21.7. The van der Waals surface area contributed by atoms with Crippen molar-refractivity contribution in [3.63, 3.8) is 0 Å². The molecule has 1 aromatic rings. The van der Waals surface area contributed by atoms with Crippen LogP contribution in [0.15, 0.2) is 24.3 Å². The molecule has 0 aromatic heterocycles. The van der Waals surface area contributed by atoms with Crippen LogP contribution < -0.4 is 5.73 Å². The summed E-state index contributed by atoms with van der Waals surface area (Å²) in [5.74, 6) is 0. The Kier molecular flexibility index (Phi) is 6.84. The van der Waals surface area contributed by atoms with Crippen LogP contribution in [0.4, 0.5) is 0 Å². The summed E-state index contributed by atoms with van der Waals surface area (Å²) in [6, 6.07) is 9.65. The minimum Gasteiger partial charge on any atom is -0.327 e. The Labute approximate surface area is 123 Å². The van der Waals surface area contributed by atoms with Crippen LogP contribution in [0.25, 0.3) is 0 Å². The fourth-order valence-corrected chi connectivity index (χ4v) is 3.08. The van der Waals surface area contributed by atoms with Gasteiger partial charge in [0, 0.05) is 18.6 Å². The number of hydrogen-bond donors (Lipinski definition) is 1. The zero-order valence-electron chi connectivity index (χ0n) is 12.1. The van der Waals surface area contributed by atoms with Gasteiger partial charge >= 0.3 is 0 Å². The molecule has 2 nitrogen and oxygen atoms in total. The lowest BCUT2D eigenvalue weighted by Gasteiger charge is -2.38. The monoisotopic (exact) mass is 282 g/mol. The van der Waals surface area contributed by atoms with Crippen LogP contribution in [0.3, 0.4) is 0 Å². The fraction of sp³-hybridized carbons (Fsp3) is 0.625. The van der Waals surface area contributed by atoms with Gasteiger partial charge in [-0.25, -0.2) is 0 Å². The lowest BCUT2D eigenvalue weighted by molar-refractivity contribution is 0.122. The molecule has 1 aliphatic heterocycles. The van der Waals surface area contributed by atoms with E-state index in [0.29, 0.717) is 6.04 Å². The number of aryl methyl sites for hydroxylation is 1. The Bertz CT molecular complexity index is 379. The highest BCUT2D eigenvalue weighted by Gasteiger charge is 2.25. The third-order valence-electron chi connectivity index (χ3n) is 4.14. The Hall–Kier alpha value is -0.570. The maximum Gasteiger partial charge on any atom is 0.0248 e. The number of nitrogens with two attached hydrogens (primary N) is 1. The van der Waals surface area contributed by atoms with Gasteiger partial charge in [0.2, 0.25) is 0 Å². The van der Waals surface area contributed by atoms with E-state index < -0.39 is 0 Å². The summed E-state index contributed by atoms with van der Waals surface area (Å²) >= 11 is 0. The van der Waals surface area contributed by atoms with Crippen molar-refractivity contribution in [1.29, 1.82) is 0 Å². The minimum absolute atomic E-state index is 0. The van der Waals surface area contributed by atoms with Crippen LogP contribution in [0.1, 0.15) is 44.2 Å². The molecule has 1 aliphatic rings. The maximum atomic E-state index is 6.14. The molecule has 2 N–H and O–H groups in total. The largest absolute Gasteiger partial charge is 0.327 e. The van der Waals surface area contributed by atoms with Gasteiger partial charge in [0.1, 0.15) is 0 Å². The molecule has 1 aromatic carbocycles. The minimum atomic E-state index is 0. The standard InChI is InChI=1S/C16H26N2.ClH/c1-3-14-8-4-5-9-15(14)12-18-11-7-6-10-16(18)13(2)17;/h4-5,8-9,13,16H,3,6-7,10-12,17H2,1-2H3;1H. The SMILES string of the molecule is CCc1ccccc1CN1CCCCC1C(C)N.Cl. The third-order valence-corrected chi connectivity index (χ3v) is 4.14. The predicted molar refractivity (Wildman–Crippen MR) is 84.8 cm³/mol. The second kappa shape index (κ2) is 7.88. The van der Waals surface area contributed by atoms with E-state index in [1.54, 1.807) is 0 Å². The molecule has 0 saturated carbocycles. The predicted octanol–water partition coefficient (Wildman–Crippen LogP) is 3.37. The summed E-state index contributed by atoms with van der Waals surface area (Å²) in [6.45, 7) is 6.65.